The summed E-state index contributed by atoms with van der Waals surface area (Å²) in [6.45, 7) is 2.78. The number of nitrogens with one attached hydrogen (secondary N) is 1. The highest BCUT2D eigenvalue weighted by Crippen LogP contribution is 2.27. The van der Waals surface area contributed by atoms with E-state index in [-0.39, 0.29) is 18.6 Å². The highest BCUT2D eigenvalue weighted by Gasteiger charge is 2.24. The largest absolute Gasteiger partial charge is 0.483 e. The van der Waals surface area contributed by atoms with Crippen molar-refractivity contribution in [3.05, 3.63) is 66.6 Å². The van der Waals surface area contributed by atoms with Crippen LogP contribution in [0.15, 0.2) is 60.9 Å². The summed E-state index contributed by atoms with van der Waals surface area (Å²) >= 11 is 0. The number of benzene rings is 1. The van der Waals surface area contributed by atoms with E-state index in [1.165, 1.54) is 0 Å². The maximum absolute atomic E-state index is 12.5. The molecule has 1 saturated heterocycles. The Hall–Kier alpha value is -3.88. The zero-order chi connectivity index (χ0) is 20.8. The lowest BCUT2D eigenvalue weighted by Gasteiger charge is -2.35. The van der Waals surface area contributed by atoms with E-state index < -0.39 is 0 Å². The quantitative estimate of drug-likeness (QED) is 0.671. The predicted molar refractivity (Wildman–Crippen MR) is 114 cm³/mol. The molecule has 3 aromatic rings. The molecule has 0 radical (unpaired) electrons. The number of hydrogen-bond donors (Lipinski definition) is 2. The van der Waals surface area contributed by atoms with Gasteiger partial charge in [-0.25, -0.2) is 19.7 Å². The average molecular weight is 405 g/mol. The maximum Gasteiger partial charge on any atom is 0.321 e. The number of nitrogens with two attached hydrogens (primary N) is 1. The van der Waals surface area contributed by atoms with Crippen LogP contribution in [-0.4, -0.2) is 52.1 Å². The number of para-hydroxylation sites is 1. The van der Waals surface area contributed by atoms with Crippen LogP contribution in [0.25, 0.3) is 0 Å². The number of urea groups is 1. The van der Waals surface area contributed by atoms with Gasteiger partial charge < -0.3 is 25.6 Å². The summed E-state index contributed by atoms with van der Waals surface area (Å²) in [6.07, 6.45) is 3.34. The molecule has 1 fully saturated rings. The topological polar surface area (TPSA) is 109 Å². The van der Waals surface area contributed by atoms with Gasteiger partial charge in [-0.05, 0) is 30.3 Å². The first kappa shape index (κ1) is 19.4. The van der Waals surface area contributed by atoms with E-state index in [1.807, 2.05) is 42.5 Å². The smallest absolute Gasteiger partial charge is 0.321 e. The van der Waals surface area contributed by atoms with Crippen molar-refractivity contribution in [2.75, 3.05) is 42.1 Å². The van der Waals surface area contributed by atoms with E-state index in [9.17, 15) is 4.79 Å². The number of ether oxygens (including phenoxy) is 1. The molecule has 0 unspecified atom stereocenters. The predicted octanol–water partition coefficient (Wildman–Crippen LogP) is 2.39. The summed E-state index contributed by atoms with van der Waals surface area (Å²) < 4.78 is 5.94. The van der Waals surface area contributed by atoms with Gasteiger partial charge in [0.25, 0.3) is 0 Å². The van der Waals surface area contributed by atoms with Gasteiger partial charge in [-0.15, -0.1) is 0 Å². The fourth-order valence-electron chi connectivity index (χ4n) is 3.22. The Labute approximate surface area is 174 Å². The van der Waals surface area contributed by atoms with Gasteiger partial charge in [0.2, 0.25) is 5.95 Å². The van der Waals surface area contributed by atoms with Crippen molar-refractivity contribution in [1.29, 1.82) is 0 Å². The van der Waals surface area contributed by atoms with Crippen molar-refractivity contribution in [3.63, 3.8) is 0 Å². The van der Waals surface area contributed by atoms with Gasteiger partial charge in [0.1, 0.15) is 6.61 Å². The van der Waals surface area contributed by atoms with Crippen molar-refractivity contribution >= 4 is 23.5 Å². The minimum atomic E-state index is -0.0975. The normalized spacial score (nSPS) is 13.7. The van der Waals surface area contributed by atoms with Gasteiger partial charge >= 0.3 is 6.03 Å². The van der Waals surface area contributed by atoms with Gasteiger partial charge in [-0.1, -0.05) is 18.2 Å². The van der Waals surface area contributed by atoms with Crippen molar-refractivity contribution in [1.82, 2.24) is 19.9 Å². The van der Waals surface area contributed by atoms with Crippen molar-refractivity contribution in [2.45, 2.75) is 6.61 Å². The second-order valence-electron chi connectivity index (χ2n) is 6.79. The van der Waals surface area contributed by atoms with Crippen LogP contribution in [0, 0.1) is 0 Å². The van der Waals surface area contributed by atoms with E-state index in [4.69, 9.17) is 10.5 Å². The Kier molecular flexibility index (Phi) is 5.88. The molecule has 9 nitrogen and oxygen atoms in total. The fourth-order valence-corrected chi connectivity index (χ4v) is 3.22. The van der Waals surface area contributed by atoms with E-state index in [0.29, 0.717) is 37.6 Å². The molecule has 3 heterocycles. The monoisotopic (exact) mass is 405 g/mol. The van der Waals surface area contributed by atoms with Crippen molar-refractivity contribution in [2.24, 2.45) is 0 Å². The summed E-state index contributed by atoms with van der Waals surface area (Å²) in [7, 11) is 0. The number of hydrogen-bond acceptors (Lipinski definition) is 7. The van der Waals surface area contributed by atoms with E-state index in [1.54, 1.807) is 23.4 Å². The standard InChI is InChI=1S/C21H23N7O2/c22-20-24-10-8-17(25-20)15-30-18-7-4-9-23-19(18)27-11-13-28(14-12-27)21(29)26-16-5-2-1-3-6-16/h1-10H,11-15H2,(H,26,29)(H2,22,24,25). The molecule has 1 aromatic carbocycles. The Morgan fingerprint density at radius 2 is 1.80 bits per heavy atom. The number of aromatic nitrogens is 3. The lowest BCUT2D eigenvalue weighted by Crippen LogP contribution is -2.50. The third-order valence-electron chi connectivity index (χ3n) is 4.75. The Morgan fingerprint density at radius 1 is 1.00 bits per heavy atom. The van der Waals surface area contributed by atoms with Crippen LogP contribution in [0.5, 0.6) is 5.75 Å². The molecule has 9 heteroatoms. The summed E-state index contributed by atoms with van der Waals surface area (Å²) in [5.74, 6) is 1.63. The molecule has 0 bridgehead atoms. The van der Waals surface area contributed by atoms with E-state index in [2.05, 4.69) is 25.2 Å². The molecule has 4 rings (SSSR count). The number of anilines is 3. The Bertz CT molecular complexity index is 991. The molecule has 0 atom stereocenters. The van der Waals surface area contributed by atoms with Crippen LogP contribution < -0.4 is 20.7 Å². The van der Waals surface area contributed by atoms with Gasteiger partial charge in [-0.2, -0.15) is 0 Å². The number of amides is 2. The van der Waals surface area contributed by atoms with Crippen LogP contribution in [0.1, 0.15) is 5.69 Å². The molecule has 0 spiro atoms. The Balaban J connectivity index is 1.36. The molecule has 0 saturated carbocycles. The van der Waals surface area contributed by atoms with Crippen LogP contribution >= 0.6 is 0 Å². The lowest BCUT2D eigenvalue weighted by molar-refractivity contribution is 0.208. The second kappa shape index (κ2) is 9.08. The maximum atomic E-state index is 12.5. The molecule has 0 aliphatic carbocycles. The molecule has 1 aliphatic rings. The number of rotatable bonds is 5. The molecule has 2 amide bonds. The average Bonchev–Trinajstić information content (AvgIpc) is 2.79. The fraction of sp³-hybridized carbons (Fsp3) is 0.238. The summed E-state index contributed by atoms with van der Waals surface area (Å²) in [4.78, 5) is 29.0. The Morgan fingerprint density at radius 3 is 2.57 bits per heavy atom. The third-order valence-corrected chi connectivity index (χ3v) is 4.75. The summed E-state index contributed by atoms with van der Waals surface area (Å²) in [5.41, 5.74) is 7.11. The first-order valence-electron chi connectivity index (χ1n) is 9.70. The molecular weight excluding hydrogens is 382 g/mol. The number of carbonyl (C=O) groups excluding carboxylic acids is 1. The highest BCUT2D eigenvalue weighted by atomic mass is 16.5. The van der Waals surface area contributed by atoms with E-state index in [0.717, 1.165) is 11.5 Å². The van der Waals surface area contributed by atoms with Crippen LogP contribution in [-0.2, 0) is 6.61 Å². The molecule has 2 aromatic heterocycles. The molecular formula is C21H23N7O2. The minimum absolute atomic E-state index is 0.0975. The number of carbonyl (C=O) groups is 1. The van der Waals surface area contributed by atoms with Crippen molar-refractivity contribution < 1.29 is 9.53 Å². The summed E-state index contributed by atoms with van der Waals surface area (Å²) in [5, 5.41) is 2.93. The van der Waals surface area contributed by atoms with Gasteiger partial charge in [0.15, 0.2) is 11.6 Å². The summed E-state index contributed by atoms with van der Waals surface area (Å²) in [6, 6.07) is 14.8. The number of nitrogens with zero attached hydrogens (tertiary/aromatic N) is 5. The van der Waals surface area contributed by atoms with Crippen LogP contribution in [0.2, 0.25) is 0 Å². The van der Waals surface area contributed by atoms with Gasteiger partial charge in [0, 0.05) is 44.3 Å². The minimum Gasteiger partial charge on any atom is -0.483 e. The first-order chi connectivity index (χ1) is 14.7. The number of nitrogen functional groups attached to an aromatic ring is 1. The zero-order valence-electron chi connectivity index (χ0n) is 16.4. The van der Waals surface area contributed by atoms with Gasteiger partial charge in [-0.3, -0.25) is 0 Å². The first-order valence-corrected chi connectivity index (χ1v) is 9.70. The number of pyridine rings is 1. The SMILES string of the molecule is Nc1nccc(COc2cccnc2N2CCN(C(=O)Nc3ccccc3)CC2)n1. The van der Waals surface area contributed by atoms with Crippen molar-refractivity contribution in [3.8, 4) is 5.75 Å². The van der Waals surface area contributed by atoms with Gasteiger partial charge in [0.05, 0.1) is 5.69 Å². The molecule has 3 N–H and O–H groups in total. The second-order valence-corrected chi connectivity index (χ2v) is 6.79. The lowest BCUT2D eigenvalue weighted by atomic mass is 10.3. The zero-order valence-corrected chi connectivity index (χ0v) is 16.4. The third kappa shape index (κ3) is 4.75. The van der Waals surface area contributed by atoms with E-state index >= 15 is 0 Å². The number of piperazine rings is 1. The molecule has 1 aliphatic heterocycles. The van der Waals surface area contributed by atoms with Crippen LogP contribution in [0.3, 0.4) is 0 Å². The molecule has 154 valence electrons. The molecule has 30 heavy (non-hydrogen) atoms. The van der Waals surface area contributed by atoms with Crippen LogP contribution in [0.4, 0.5) is 22.2 Å². The highest BCUT2D eigenvalue weighted by molar-refractivity contribution is 5.89.